The summed E-state index contributed by atoms with van der Waals surface area (Å²) in [5.41, 5.74) is 0. The van der Waals surface area contributed by atoms with E-state index >= 15 is 0 Å². The molecule has 1 heterocycles. The van der Waals surface area contributed by atoms with Crippen LogP contribution < -0.4 is 14.8 Å². The summed E-state index contributed by atoms with van der Waals surface area (Å²) in [7, 11) is 0. The molecule has 1 unspecified atom stereocenters. The van der Waals surface area contributed by atoms with Crippen molar-refractivity contribution in [2.75, 3.05) is 39.4 Å². The minimum absolute atomic E-state index is 0.583. The maximum atomic E-state index is 5.76. The van der Waals surface area contributed by atoms with Gasteiger partial charge in [0.2, 0.25) is 0 Å². The lowest BCUT2D eigenvalue weighted by Gasteiger charge is -2.31. The molecule has 0 amide bonds. The Kier molecular flexibility index (Phi) is 5.48. The average molecular weight is 264 g/mol. The van der Waals surface area contributed by atoms with Crippen LogP contribution in [0.25, 0.3) is 0 Å². The number of nitrogens with zero attached hydrogens (tertiary/aromatic N) is 1. The van der Waals surface area contributed by atoms with E-state index in [1.165, 1.54) is 0 Å². The molecule has 0 saturated carbocycles. The summed E-state index contributed by atoms with van der Waals surface area (Å²) in [6.07, 6.45) is 0. The minimum Gasteiger partial charge on any atom is -0.494 e. The van der Waals surface area contributed by atoms with Crippen molar-refractivity contribution in [1.82, 2.24) is 10.2 Å². The molecule has 1 aliphatic heterocycles. The molecule has 1 atom stereocenters. The zero-order chi connectivity index (χ0) is 13.5. The van der Waals surface area contributed by atoms with Crippen molar-refractivity contribution in [2.45, 2.75) is 19.9 Å². The highest BCUT2D eigenvalue weighted by atomic mass is 16.5. The molecule has 0 bridgehead atoms. The van der Waals surface area contributed by atoms with Gasteiger partial charge in [-0.2, -0.15) is 0 Å². The molecule has 0 aromatic heterocycles. The summed E-state index contributed by atoms with van der Waals surface area (Å²) >= 11 is 0. The van der Waals surface area contributed by atoms with Crippen LogP contribution >= 0.6 is 0 Å². The number of benzene rings is 1. The van der Waals surface area contributed by atoms with Crippen molar-refractivity contribution in [2.24, 2.45) is 0 Å². The van der Waals surface area contributed by atoms with E-state index in [-0.39, 0.29) is 0 Å². The van der Waals surface area contributed by atoms with Crippen molar-refractivity contribution in [3.63, 3.8) is 0 Å². The van der Waals surface area contributed by atoms with Crippen molar-refractivity contribution in [1.29, 1.82) is 0 Å². The van der Waals surface area contributed by atoms with Gasteiger partial charge in [0.15, 0.2) is 0 Å². The third-order valence-electron chi connectivity index (χ3n) is 3.26. The van der Waals surface area contributed by atoms with Crippen LogP contribution in [-0.4, -0.2) is 50.3 Å². The van der Waals surface area contributed by atoms with Crippen LogP contribution in [0.15, 0.2) is 24.3 Å². The van der Waals surface area contributed by atoms with Gasteiger partial charge in [-0.05, 0) is 38.1 Å². The Hall–Kier alpha value is -1.26. The van der Waals surface area contributed by atoms with Crippen LogP contribution in [0, 0.1) is 0 Å². The molecule has 1 aromatic carbocycles. The van der Waals surface area contributed by atoms with Gasteiger partial charge in [0, 0.05) is 32.2 Å². The van der Waals surface area contributed by atoms with Gasteiger partial charge < -0.3 is 14.8 Å². The van der Waals surface area contributed by atoms with E-state index in [1.807, 2.05) is 31.2 Å². The van der Waals surface area contributed by atoms with Crippen LogP contribution in [-0.2, 0) is 0 Å². The summed E-state index contributed by atoms with van der Waals surface area (Å²) in [6, 6.07) is 8.41. The van der Waals surface area contributed by atoms with Gasteiger partial charge in [0.25, 0.3) is 0 Å². The van der Waals surface area contributed by atoms with Gasteiger partial charge in [-0.15, -0.1) is 0 Å². The van der Waals surface area contributed by atoms with Crippen LogP contribution in [0.5, 0.6) is 11.5 Å². The summed E-state index contributed by atoms with van der Waals surface area (Å²) in [4.78, 5) is 2.44. The summed E-state index contributed by atoms with van der Waals surface area (Å²) in [6.45, 7) is 9.91. The van der Waals surface area contributed by atoms with Crippen LogP contribution in [0.2, 0.25) is 0 Å². The van der Waals surface area contributed by atoms with Crippen LogP contribution in [0.4, 0.5) is 0 Å². The zero-order valence-electron chi connectivity index (χ0n) is 11.9. The molecule has 1 aliphatic rings. The van der Waals surface area contributed by atoms with E-state index in [4.69, 9.17) is 9.47 Å². The Bertz CT molecular complexity index is 367. The van der Waals surface area contributed by atoms with E-state index in [0.717, 1.165) is 44.3 Å². The maximum Gasteiger partial charge on any atom is 0.119 e. The molecule has 1 aromatic rings. The van der Waals surface area contributed by atoms with E-state index in [9.17, 15) is 0 Å². The van der Waals surface area contributed by atoms with Crippen molar-refractivity contribution >= 4 is 0 Å². The lowest BCUT2D eigenvalue weighted by atomic mass is 10.2. The highest BCUT2D eigenvalue weighted by Gasteiger charge is 2.14. The van der Waals surface area contributed by atoms with E-state index in [1.54, 1.807) is 0 Å². The first-order chi connectivity index (χ1) is 9.28. The molecule has 0 spiro atoms. The highest BCUT2D eigenvalue weighted by Crippen LogP contribution is 2.17. The van der Waals surface area contributed by atoms with Gasteiger partial charge in [0.1, 0.15) is 18.1 Å². The fraction of sp³-hybridized carbons (Fsp3) is 0.600. The monoisotopic (exact) mass is 264 g/mol. The normalized spacial score (nSPS) is 20.2. The van der Waals surface area contributed by atoms with Gasteiger partial charge in [-0.25, -0.2) is 0 Å². The number of hydrogen-bond acceptors (Lipinski definition) is 4. The number of nitrogens with one attached hydrogen (secondary N) is 1. The summed E-state index contributed by atoms with van der Waals surface area (Å²) in [5.74, 6) is 1.80. The van der Waals surface area contributed by atoms with Crippen molar-refractivity contribution in [3.8, 4) is 11.5 Å². The molecule has 19 heavy (non-hydrogen) atoms. The molecule has 1 N–H and O–H groups in total. The maximum absolute atomic E-state index is 5.76. The molecule has 1 saturated heterocycles. The Morgan fingerprint density at radius 3 is 2.53 bits per heavy atom. The lowest BCUT2D eigenvalue weighted by Crippen LogP contribution is -2.50. The molecule has 1 fully saturated rings. The topological polar surface area (TPSA) is 33.7 Å². The second-order valence-electron chi connectivity index (χ2n) is 4.91. The molecule has 4 heteroatoms. The second kappa shape index (κ2) is 7.36. The Balaban J connectivity index is 1.70. The quantitative estimate of drug-likeness (QED) is 0.849. The fourth-order valence-electron chi connectivity index (χ4n) is 2.31. The predicted molar refractivity (Wildman–Crippen MR) is 77.0 cm³/mol. The average Bonchev–Trinajstić information content (AvgIpc) is 2.41. The highest BCUT2D eigenvalue weighted by molar-refractivity contribution is 5.31. The smallest absolute Gasteiger partial charge is 0.119 e. The first kappa shape index (κ1) is 14.2. The largest absolute Gasteiger partial charge is 0.494 e. The number of ether oxygens (including phenoxy) is 2. The molecule has 4 nitrogen and oxygen atoms in total. The van der Waals surface area contributed by atoms with E-state index in [2.05, 4.69) is 17.1 Å². The second-order valence-corrected chi connectivity index (χ2v) is 4.91. The number of rotatable bonds is 6. The fourth-order valence-corrected chi connectivity index (χ4v) is 2.31. The Morgan fingerprint density at radius 2 is 1.89 bits per heavy atom. The molecule has 106 valence electrons. The molecular formula is C15H24N2O2. The summed E-state index contributed by atoms with van der Waals surface area (Å²) < 4.78 is 11.2. The number of hydrogen-bond donors (Lipinski definition) is 1. The van der Waals surface area contributed by atoms with Crippen molar-refractivity contribution < 1.29 is 9.47 Å². The minimum atomic E-state index is 0.583. The zero-order valence-corrected chi connectivity index (χ0v) is 11.9. The van der Waals surface area contributed by atoms with Gasteiger partial charge in [-0.3, -0.25) is 4.90 Å². The first-order valence-electron chi connectivity index (χ1n) is 7.09. The van der Waals surface area contributed by atoms with E-state index < -0.39 is 0 Å². The predicted octanol–water partition coefficient (Wildman–Crippen LogP) is 1.76. The lowest BCUT2D eigenvalue weighted by molar-refractivity contribution is 0.170. The van der Waals surface area contributed by atoms with Gasteiger partial charge >= 0.3 is 0 Å². The molecule has 0 radical (unpaired) electrons. The van der Waals surface area contributed by atoms with E-state index in [0.29, 0.717) is 12.6 Å². The third-order valence-corrected chi connectivity index (χ3v) is 3.26. The van der Waals surface area contributed by atoms with Gasteiger partial charge in [0.05, 0.1) is 6.61 Å². The first-order valence-corrected chi connectivity index (χ1v) is 7.09. The van der Waals surface area contributed by atoms with Gasteiger partial charge in [-0.1, -0.05) is 0 Å². The standard InChI is InChI=1S/C15H24N2O2/c1-3-18-14-4-6-15(7-5-14)19-11-10-17-9-8-16-13(2)12-17/h4-7,13,16H,3,8-12H2,1-2H3. The molecule has 0 aliphatic carbocycles. The van der Waals surface area contributed by atoms with Crippen LogP contribution in [0.3, 0.4) is 0 Å². The SMILES string of the molecule is CCOc1ccc(OCCN2CCNC(C)C2)cc1. The third kappa shape index (κ3) is 4.73. The molecule has 2 rings (SSSR count). The van der Waals surface area contributed by atoms with Crippen LogP contribution in [0.1, 0.15) is 13.8 Å². The summed E-state index contributed by atoms with van der Waals surface area (Å²) in [5, 5.41) is 3.44. The Morgan fingerprint density at radius 1 is 1.21 bits per heavy atom. The Labute approximate surface area is 115 Å². The van der Waals surface area contributed by atoms with Crippen molar-refractivity contribution in [3.05, 3.63) is 24.3 Å². The number of piperazine rings is 1. The molecular weight excluding hydrogens is 240 g/mol.